The van der Waals surface area contributed by atoms with Crippen LogP contribution in [0.15, 0.2) is 36.5 Å². The number of carboxylic acid groups (broad SMARTS) is 1. The van der Waals surface area contributed by atoms with Crippen LogP contribution in [0, 0.1) is 0 Å². The van der Waals surface area contributed by atoms with Gasteiger partial charge in [-0.1, -0.05) is 18.2 Å². The van der Waals surface area contributed by atoms with Crippen LogP contribution in [0.2, 0.25) is 0 Å². The van der Waals surface area contributed by atoms with Crippen LogP contribution in [0.3, 0.4) is 0 Å². The Morgan fingerprint density at radius 2 is 1.83 bits per heavy atom. The van der Waals surface area contributed by atoms with Gasteiger partial charge in [-0.25, -0.2) is 4.79 Å². The fourth-order valence-corrected chi connectivity index (χ4v) is 1.22. The van der Waals surface area contributed by atoms with Crippen molar-refractivity contribution in [2.75, 3.05) is 7.11 Å². The highest BCUT2D eigenvalue weighted by atomic mass is 19.4. The van der Waals surface area contributed by atoms with Crippen molar-refractivity contribution in [1.82, 2.24) is 4.73 Å². The molecule has 0 atom stereocenters. The predicted molar refractivity (Wildman–Crippen MR) is 58.1 cm³/mol. The van der Waals surface area contributed by atoms with Crippen LogP contribution in [-0.4, -0.2) is 29.1 Å². The second-order valence-corrected chi connectivity index (χ2v) is 3.19. The van der Waals surface area contributed by atoms with E-state index >= 15 is 0 Å². The second kappa shape index (κ2) is 5.44. The number of rotatable bonds is 1. The minimum atomic E-state index is -5.08. The Kier molecular flexibility index (Phi) is 4.19. The molecule has 0 aliphatic heterocycles. The molecule has 0 aliphatic carbocycles. The Balaban J connectivity index is 0.000000203. The maximum Gasteiger partial charge on any atom is 0.490 e. The molecule has 2 aromatic rings. The standard InChI is InChI=1S/C9H9NO.C2HF3O2/c1-11-10-7-6-8-4-2-3-5-9(8)10;3-2(4,5)1(6)7/h2-7H,1H3;(H,6,7). The van der Waals surface area contributed by atoms with Gasteiger partial charge in [-0.2, -0.15) is 17.9 Å². The van der Waals surface area contributed by atoms with E-state index in [9.17, 15) is 13.2 Å². The number of benzene rings is 1. The number of hydrogen-bond donors (Lipinski definition) is 1. The van der Waals surface area contributed by atoms with Gasteiger partial charge in [0.1, 0.15) is 7.11 Å². The fraction of sp³-hybridized carbons (Fsp3) is 0.182. The van der Waals surface area contributed by atoms with E-state index in [0.717, 1.165) is 5.52 Å². The Labute approximate surface area is 100 Å². The van der Waals surface area contributed by atoms with Crippen LogP contribution < -0.4 is 4.84 Å². The van der Waals surface area contributed by atoms with Gasteiger partial charge in [0, 0.05) is 11.6 Å². The first-order valence-corrected chi connectivity index (χ1v) is 4.77. The minimum absolute atomic E-state index is 1.11. The number of aliphatic carboxylic acids is 1. The van der Waals surface area contributed by atoms with Gasteiger partial charge in [0.05, 0.1) is 5.52 Å². The average Bonchev–Trinajstić information content (AvgIpc) is 2.71. The van der Waals surface area contributed by atoms with Gasteiger partial charge in [-0.3, -0.25) is 0 Å². The van der Waals surface area contributed by atoms with E-state index in [1.807, 2.05) is 30.5 Å². The molecule has 0 unspecified atom stereocenters. The van der Waals surface area contributed by atoms with Gasteiger partial charge in [0.2, 0.25) is 0 Å². The summed E-state index contributed by atoms with van der Waals surface area (Å²) in [5, 5.41) is 8.33. The molecule has 0 amide bonds. The van der Waals surface area contributed by atoms with Crippen LogP contribution in [0.25, 0.3) is 10.9 Å². The van der Waals surface area contributed by atoms with Crippen molar-refractivity contribution in [2.24, 2.45) is 0 Å². The molecule has 98 valence electrons. The molecular formula is C11H10F3NO3. The van der Waals surface area contributed by atoms with Crippen LogP contribution in [0.4, 0.5) is 13.2 Å². The van der Waals surface area contributed by atoms with Gasteiger partial charge in [0.25, 0.3) is 0 Å². The molecule has 0 radical (unpaired) electrons. The first-order valence-electron chi connectivity index (χ1n) is 4.77. The third-order valence-electron chi connectivity index (χ3n) is 2.00. The van der Waals surface area contributed by atoms with Crippen molar-refractivity contribution in [3.8, 4) is 0 Å². The topological polar surface area (TPSA) is 51.5 Å². The third-order valence-corrected chi connectivity index (χ3v) is 2.00. The van der Waals surface area contributed by atoms with Crippen LogP contribution >= 0.6 is 0 Å². The van der Waals surface area contributed by atoms with Crippen molar-refractivity contribution in [2.45, 2.75) is 6.18 Å². The van der Waals surface area contributed by atoms with E-state index in [1.54, 1.807) is 11.8 Å². The SMILES string of the molecule is COn1ccc2ccccc21.O=C(O)C(F)(F)F. The van der Waals surface area contributed by atoms with E-state index in [0.29, 0.717) is 0 Å². The van der Waals surface area contributed by atoms with Gasteiger partial charge in [-0.05, 0) is 12.1 Å². The van der Waals surface area contributed by atoms with Crippen molar-refractivity contribution >= 4 is 16.9 Å². The number of para-hydroxylation sites is 1. The third kappa shape index (κ3) is 3.41. The molecule has 18 heavy (non-hydrogen) atoms. The molecule has 1 aromatic carbocycles. The van der Waals surface area contributed by atoms with E-state index in [-0.39, 0.29) is 0 Å². The number of carbonyl (C=O) groups is 1. The minimum Gasteiger partial charge on any atom is -0.475 e. The highest BCUT2D eigenvalue weighted by Gasteiger charge is 2.38. The molecule has 1 heterocycles. The normalized spacial score (nSPS) is 10.7. The fourth-order valence-electron chi connectivity index (χ4n) is 1.22. The summed E-state index contributed by atoms with van der Waals surface area (Å²) < 4.78 is 33.5. The first-order chi connectivity index (χ1) is 8.36. The number of carboxylic acids is 1. The van der Waals surface area contributed by atoms with E-state index in [2.05, 4.69) is 6.07 Å². The lowest BCUT2D eigenvalue weighted by Gasteiger charge is -2.00. The zero-order valence-electron chi connectivity index (χ0n) is 9.31. The monoisotopic (exact) mass is 261 g/mol. The zero-order chi connectivity index (χ0) is 13.8. The number of hydrogen-bond acceptors (Lipinski definition) is 2. The van der Waals surface area contributed by atoms with Crippen molar-refractivity contribution in [3.05, 3.63) is 36.5 Å². The van der Waals surface area contributed by atoms with Gasteiger partial charge in [0.15, 0.2) is 0 Å². The Morgan fingerprint density at radius 1 is 1.28 bits per heavy atom. The van der Waals surface area contributed by atoms with Crippen LogP contribution in [-0.2, 0) is 4.79 Å². The summed E-state index contributed by atoms with van der Waals surface area (Å²) in [6, 6.07) is 10.1. The van der Waals surface area contributed by atoms with Crippen LogP contribution in [0.5, 0.6) is 0 Å². The highest BCUT2D eigenvalue weighted by molar-refractivity contribution is 5.79. The molecule has 1 aromatic heterocycles. The predicted octanol–water partition coefficient (Wildman–Crippen LogP) is 2.33. The zero-order valence-corrected chi connectivity index (χ0v) is 9.31. The number of aromatic nitrogens is 1. The Hall–Kier alpha value is -2.18. The highest BCUT2D eigenvalue weighted by Crippen LogP contribution is 2.13. The summed E-state index contributed by atoms with van der Waals surface area (Å²) in [7, 11) is 1.66. The molecule has 0 fully saturated rings. The summed E-state index contributed by atoms with van der Waals surface area (Å²) in [4.78, 5) is 14.0. The van der Waals surface area contributed by atoms with E-state index in [4.69, 9.17) is 14.7 Å². The molecule has 0 saturated carbocycles. The smallest absolute Gasteiger partial charge is 0.475 e. The van der Waals surface area contributed by atoms with E-state index in [1.165, 1.54) is 5.39 Å². The van der Waals surface area contributed by atoms with Crippen LogP contribution in [0.1, 0.15) is 0 Å². The summed E-state index contributed by atoms with van der Waals surface area (Å²) in [5.41, 5.74) is 1.11. The lowest BCUT2D eigenvalue weighted by molar-refractivity contribution is -0.192. The first kappa shape index (κ1) is 13.9. The summed E-state index contributed by atoms with van der Waals surface area (Å²) >= 11 is 0. The van der Waals surface area contributed by atoms with Gasteiger partial charge < -0.3 is 9.94 Å². The number of halogens is 3. The summed E-state index contributed by atoms with van der Waals surface area (Å²) in [6.07, 6.45) is -3.18. The Morgan fingerprint density at radius 3 is 2.33 bits per heavy atom. The number of fused-ring (bicyclic) bond motifs is 1. The lowest BCUT2D eigenvalue weighted by atomic mass is 10.3. The lowest BCUT2D eigenvalue weighted by Crippen LogP contribution is -2.21. The van der Waals surface area contributed by atoms with Crippen molar-refractivity contribution in [3.63, 3.8) is 0 Å². The maximum absolute atomic E-state index is 10.6. The molecule has 0 aliphatic rings. The molecule has 0 saturated heterocycles. The summed E-state index contributed by atoms with van der Waals surface area (Å²) in [6.45, 7) is 0. The van der Waals surface area contributed by atoms with Gasteiger partial charge in [-0.15, -0.1) is 0 Å². The van der Waals surface area contributed by atoms with Gasteiger partial charge >= 0.3 is 12.1 Å². The molecule has 0 spiro atoms. The Bertz CT molecular complexity index is 534. The van der Waals surface area contributed by atoms with Crippen molar-refractivity contribution < 1.29 is 27.9 Å². The largest absolute Gasteiger partial charge is 0.490 e. The summed E-state index contributed by atoms with van der Waals surface area (Å²) in [5.74, 6) is -2.76. The average molecular weight is 261 g/mol. The molecule has 2 rings (SSSR count). The van der Waals surface area contributed by atoms with E-state index < -0.39 is 12.1 Å². The quantitative estimate of drug-likeness (QED) is 0.857. The number of nitrogens with zero attached hydrogens (tertiary/aromatic N) is 1. The molecule has 4 nitrogen and oxygen atoms in total. The van der Waals surface area contributed by atoms with Crippen molar-refractivity contribution in [1.29, 1.82) is 0 Å². The molecule has 0 bridgehead atoms. The number of alkyl halides is 3. The maximum atomic E-state index is 10.6. The molecule has 7 heteroatoms. The second-order valence-electron chi connectivity index (χ2n) is 3.19. The molecule has 1 N–H and O–H groups in total. The molecular weight excluding hydrogens is 251 g/mol.